The van der Waals surface area contributed by atoms with E-state index < -0.39 is 17.7 Å². The lowest BCUT2D eigenvalue weighted by molar-refractivity contribution is 0.149. The number of amides is 2. The molecule has 1 saturated heterocycles. The summed E-state index contributed by atoms with van der Waals surface area (Å²) in [5, 5.41) is 14.6. The molecule has 0 bridgehead atoms. The van der Waals surface area contributed by atoms with Crippen LogP contribution in [-0.4, -0.2) is 37.6 Å². The zero-order valence-electron chi connectivity index (χ0n) is 19.2. The van der Waals surface area contributed by atoms with Crippen molar-refractivity contribution in [2.45, 2.75) is 25.7 Å². The lowest BCUT2D eigenvalue weighted by Crippen LogP contribution is -2.47. The Kier molecular flexibility index (Phi) is 7.09. The Hall–Kier alpha value is -3.50. The average Bonchev–Trinajstić information content (AvgIpc) is 2.86. The van der Waals surface area contributed by atoms with Crippen LogP contribution in [0.5, 0.6) is 0 Å². The first kappa shape index (κ1) is 23.7. The molecule has 176 valence electrons. The Morgan fingerprint density at radius 2 is 1.91 bits per heavy atom. The Balaban J connectivity index is 1.50. The second-order valence-electron chi connectivity index (χ2n) is 9.09. The molecule has 0 aromatic heterocycles. The Bertz CT molecular complexity index is 1170. The van der Waals surface area contributed by atoms with Crippen molar-refractivity contribution in [3.63, 3.8) is 0 Å². The Labute approximate surface area is 198 Å². The number of halogens is 2. The normalized spacial score (nSPS) is 17.8. The summed E-state index contributed by atoms with van der Waals surface area (Å²) in [6.45, 7) is 2.29. The van der Waals surface area contributed by atoms with Gasteiger partial charge in [-0.1, -0.05) is 29.9 Å². The molecule has 1 fully saturated rings. The minimum atomic E-state index is -0.808. The molecule has 0 saturated carbocycles. The van der Waals surface area contributed by atoms with Gasteiger partial charge in [0.1, 0.15) is 11.6 Å². The number of carbonyl (C=O) groups excluding carboxylic acids is 1. The van der Waals surface area contributed by atoms with E-state index in [9.17, 15) is 18.8 Å². The number of nitrogens with one attached hydrogen (secondary N) is 2. The van der Waals surface area contributed by atoms with Crippen molar-refractivity contribution in [3.05, 3.63) is 83.0 Å². The molecular weight excluding hydrogens is 434 g/mol. The molecule has 7 heteroatoms. The number of rotatable bonds is 5. The summed E-state index contributed by atoms with van der Waals surface area (Å²) in [7, 11) is 2.09. The number of hydrogen-bond acceptors (Lipinski definition) is 3. The van der Waals surface area contributed by atoms with E-state index in [-0.39, 0.29) is 11.1 Å². The topological polar surface area (TPSA) is 68.2 Å². The van der Waals surface area contributed by atoms with Crippen molar-refractivity contribution in [1.82, 2.24) is 10.2 Å². The van der Waals surface area contributed by atoms with Crippen molar-refractivity contribution >= 4 is 17.3 Å². The van der Waals surface area contributed by atoms with Gasteiger partial charge in [-0.2, -0.15) is 5.26 Å². The predicted octanol–water partition coefficient (Wildman–Crippen LogP) is 5.47. The number of anilines is 1. The molecule has 0 atom stereocenters. The molecule has 34 heavy (non-hydrogen) atoms. The lowest BCUT2D eigenvalue weighted by Gasteiger charge is -2.43. The molecular formula is C27H28F2N4O. The molecule has 4 rings (SSSR count). The first-order valence-electron chi connectivity index (χ1n) is 11.5. The minimum absolute atomic E-state index is 0.0552. The van der Waals surface area contributed by atoms with Crippen molar-refractivity contribution in [2.24, 2.45) is 5.41 Å². The van der Waals surface area contributed by atoms with E-state index in [4.69, 9.17) is 0 Å². The SMILES string of the molecule is CN1CCC(CNC(=O)Nc2ccc(F)cc2F)(C2=CC=C(c3cccc(C#N)c3)CC2)CC1. The summed E-state index contributed by atoms with van der Waals surface area (Å²) in [5.74, 6) is -1.50. The maximum absolute atomic E-state index is 13.9. The monoisotopic (exact) mass is 462 g/mol. The predicted molar refractivity (Wildman–Crippen MR) is 129 cm³/mol. The molecule has 0 radical (unpaired) electrons. The fraction of sp³-hybridized carbons (Fsp3) is 0.333. The van der Waals surface area contributed by atoms with Crippen LogP contribution in [0.2, 0.25) is 0 Å². The number of hydrogen-bond donors (Lipinski definition) is 2. The highest BCUT2D eigenvalue weighted by molar-refractivity contribution is 5.89. The molecule has 2 amide bonds. The lowest BCUT2D eigenvalue weighted by atomic mass is 9.69. The van der Waals surface area contributed by atoms with E-state index in [1.54, 1.807) is 6.07 Å². The van der Waals surface area contributed by atoms with Crippen LogP contribution in [0.1, 0.15) is 36.8 Å². The number of nitriles is 1. The minimum Gasteiger partial charge on any atom is -0.337 e. The van der Waals surface area contributed by atoms with Gasteiger partial charge in [0.05, 0.1) is 17.3 Å². The molecule has 0 unspecified atom stereocenters. The Morgan fingerprint density at radius 3 is 2.59 bits per heavy atom. The smallest absolute Gasteiger partial charge is 0.319 e. The maximum Gasteiger partial charge on any atom is 0.319 e. The van der Waals surface area contributed by atoms with Gasteiger partial charge in [-0.3, -0.25) is 0 Å². The van der Waals surface area contributed by atoms with E-state index >= 15 is 0 Å². The number of allylic oxidation sites excluding steroid dienone is 3. The number of benzene rings is 2. The first-order valence-corrected chi connectivity index (χ1v) is 11.5. The fourth-order valence-corrected chi connectivity index (χ4v) is 4.77. The van der Waals surface area contributed by atoms with E-state index in [0.717, 1.165) is 56.5 Å². The molecule has 5 nitrogen and oxygen atoms in total. The van der Waals surface area contributed by atoms with E-state index in [1.165, 1.54) is 17.2 Å². The summed E-state index contributed by atoms with van der Waals surface area (Å²) in [6.07, 6.45) is 7.86. The molecule has 1 aliphatic carbocycles. The molecule has 2 N–H and O–H groups in total. The van der Waals surface area contributed by atoms with Gasteiger partial charge < -0.3 is 15.5 Å². The number of nitrogens with zero attached hydrogens (tertiary/aromatic N) is 2. The van der Waals surface area contributed by atoms with Crippen LogP contribution in [0, 0.1) is 28.4 Å². The number of urea groups is 1. The third kappa shape index (κ3) is 5.35. The van der Waals surface area contributed by atoms with Crippen molar-refractivity contribution < 1.29 is 13.6 Å². The third-order valence-corrected chi connectivity index (χ3v) is 6.90. The summed E-state index contributed by atoms with van der Waals surface area (Å²) >= 11 is 0. The van der Waals surface area contributed by atoms with E-state index in [1.807, 2.05) is 18.2 Å². The van der Waals surface area contributed by atoms with Crippen LogP contribution in [0.3, 0.4) is 0 Å². The molecule has 2 aliphatic rings. The van der Waals surface area contributed by atoms with Crippen LogP contribution in [0.25, 0.3) is 5.57 Å². The van der Waals surface area contributed by atoms with Crippen LogP contribution in [0.4, 0.5) is 19.3 Å². The van der Waals surface area contributed by atoms with Crippen molar-refractivity contribution in [2.75, 3.05) is 32.0 Å². The molecule has 1 aliphatic heterocycles. The van der Waals surface area contributed by atoms with Gasteiger partial charge in [0.15, 0.2) is 0 Å². The Morgan fingerprint density at radius 1 is 1.12 bits per heavy atom. The highest BCUT2D eigenvalue weighted by Gasteiger charge is 2.37. The molecule has 2 aromatic carbocycles. The van der Waals surface area contributed by atoms with Crippen LogP contribution >= 0.6 is 0 Å². The van der Waals surface area contributed by atoms with Gasteiger partial charge >= 0.3 is 6.03 Å². The van der Waals surface area contributed by atoms with Crippen molar-refractivity contribution in [3.8, 4) is 6.07 Å². The van der Waals surface area contributed by atoms with Gasteiger partial charge in [0.25, 0.3) is 0 Å². The highest BCUT2D eigenvalue weighted by Crippen LogP contribution is 2.43. The summed E-state index contributed by atoms with van der Waals surface area (Å²) in [4.78, 5) is 14.8. The molecule has 1 heterocycles. The first-order chi connectivity index (χ1) is 16.4. The van der Waals surface area contributed by atoms with E-state index in [2.05, 4.69) is 40.8 Å². The molecule has 0 spiro atoms. The zero-order chi connectivity index (χ0) is 24.1. The standard InChI is InChI=1S/C27H28F2N4O/c1-33-13-11-27(12-14-33,18-31-26(34)32-25-10-9-23(28)16-24(25)29)22-7-5-20(6-8-22)21-4-2-3-19(15-21)17-30/h2-5,7,9-10,15-16H,6,8,11-14,18H2,1H3,(H2,31,32,34). The van der Waals surface area contributed by atoms with Crippen molar-refractivity contribution in [1.29, 1.82) is 5.26 Å². The van der Waals surface area contributed by atoms with Crippen LogP contribution in [0.15, 0.2) is 60.2 Å². The second-order valence-corrected chi connectivity index (χ2v) is 9.09. The quantitative estimate of drug-likeness (QED) is 0.619. The summed E-state index contributed by atoms with van der Waals surface area (Å²) < 4.78 is 27.1. The fourth-order valence-electron chi connectivity index (χ4n) is 4.77. The summed E-state index contributed by atoms with van der Waals surface area (Å²) in [6, 6.07) is 12.4. The average molecular weight is 463 g/mol. The number of likely N-dealkylation sites (tertiary alicyclic amines) is 1. The van der Waals surface area contributed by atoms with Gasteiger partial charge in [-0.05, 0) is 81.2 Å². The number of carbonyl (C=O) groups is 1. The third-order valence-electron chi connectivity index (χ3n) is 6.90. The van der Waals surface area contributed by atoms with Gasteiger partial charge in [0, 0.05) is 18.0 Å². The highest BCUT2D eigenvalue weighted by atomic mass is 19.1. The largest absolute Gasteiger partial charge is 0.337 e. The van der Waals surface area contributed by atoms with Crippen LogP contribution in [-0.2, 0) is 0 Å². The summed E-state index contributed by atoms with van der Waals surface area (Å²) in [5.41, 5.74) is 3.97. The van der Waals surface area contributed by atoms with E-state index in [0.29, 0.717) is 12.1 Å². The van der Waals surface area contributed by atoms with Gasteiger partial charge in [0.2, 0.25) is 0 Å². The number of piperidine rings is 1. The second kappa shape index (κ2) is 10.2. The van der Waals surface area contributed by atoms with Gasteiger partial charge in [-0.15, -0.1) is 0 Å². The zero-order valence-corrected chi connectivity index (χ0v) is 19.2. The maximum atomic E-state index is 13.9. The van der Waals surface area contributed by atoms with Crippen LogP contribution < -0.4 is 10.6 Å². The van der Waals surface area contributed by atoms with Gasteiger partial charge in [-0.25, -0.2) is 13.6 Å². The molecule has 2 aromatic rings.